The summed E-state index contributed by atoms with van der Waals surface area (Å²) in [5, 5.41) is 13.8. The largest absolute Gasteiger partial charge is 0.481 e. The van der Waals surface area contributed by atoms with Crippen LogP contribution in [-0.2, 0) is 9.59 Å². The fourth-order valence-corrected chi connectivity index (χ4v) is 3.11. The maximum atomic E-state index is 12.3. The Kier molecular flexibility index (Phi) is 6.30. The Morgan fingerprint density at radius 3 is 2.40 bits per heavy atom. The maximum Gasteiger partial charge on any atom is 0.308 e. The molecule has 0 aliphatic carbocycles. The van der Waals surface area contributed by atoms with E-state index in [1.165, 1.54) is 16.2 Å². The van der Waals surface area contributed by atoms with E-state index in [9.17, 15) is 19.5 Å². The van der Waals surface area contributed by atoms with E-state index in [0.717, 1.165) is 0 Å². The average molecular weight is 360 g/mol. The Hall–Kier alpha value is -2.67. The monoisotopic (exact) mass is 360 g/mol. The van der Waals surface area contributed by atoms with E-state index in [-0.39, 0.29) is 12.5 Å². The molecule has 2 rings (SSSR count). The molecule has 0 saturated heterocycles. The van der Waals surface area contributed by atoms with Gasteiger partial charge in [0, 0.05) is 7.05 Å². The zero-order valence-electron chi connectivity index (χ0n) is 14.0. The van der Waals surface area contributed by atoms with Crippen LogP contribution >= 0.6 is 11.3 Å². The summed E-state index contributed by atoms with van der Waals surface area (Å²) in [4.78, 5) is 37.8. The van der Waals surface area contributed by atoms with Crippen LogP contribution in [0.4, 0.5) is 0 Å². The number of thiophene rings is 1. The number of carboxylic acid groups (broad SMARTS) is 1. The SMILES string of the molecule is CC(C(=O)O)C(NC(=O)CN(C)C(=O)c1cccs1)c1ccccc1. The number of benzene rings is 1. The zero-order valence-corrected chi connectivity index (χ0v) is 14.8. The molecule has 7 heteroatoms. The van der Waals surface area contributed by atoms with Crippen molar-refractivity contribution in [3.05, 3.63) is 58.3 Å². The number of amides is 2. The Morgan fingerprint density at radius 2 is 1.84 bits per heavy atom. The van der Waals surface area contributed by atoms with Gasteiger partial charge >= 0.3 is 5.97 Å². The number of carbonyl (C=O) groups is 3. The topological polar surface area (TPSA) is 86.7 Å². The molecule has 2 N–H and O–H groups in total. The van der Waals surface area contributed by atoms with Gasteiger partial charge in [0.25, 0.3) is 5.91 Å². The van der Waals surface area contributed by atoms with Gasteiger partial charge < -0.3 is 15.3 Å². The molecule has 1 heterocycles. The van der Waals surface area contributed by atoms with Gasteiger partial charge in [0.05, 0.1) is 23.4 Å². The first-order valence-electron chi connectivity index (χ1n) is 7.76. The molecule has 0 spiro atoms. The lowest BCUT2D eigenvalue weighted by Gasteiger charge is -2.24. The van der Waals surface area contributed by atoms with Crippen molar-refractivity contribution in [2.75, 3.05) is 13.6 Å². The van der Waals surface area contributed by atoms with E-state index < -0.39 is 23.8 Å². The van der Waals surface area contributed by atoms with Gasteiger partial charge in [-0.2, -0.15) is 0 Å². The van der Waals surface area contributed by atoms with E-state index in [1.54, 1.807) is 55.7 Å². The molecule has 0 radical (unpaired) electrons. The lowest BCUT2D eigenvalue weighted by Crippen LogP contribution is -2.42. The zero-order chi connectivity index (χ0) is 18.4. The third-order valence-corrected chi connectivity index (χ3v) is 4.68. The molecule has 0 aliphatic heterocycles. The Balaban J connectivity index is 2.06. The average Bonchev–Trinajstić information content (AvgIpc) is 3.13. The summed E-state index contributed by atoms with van der Waals surface area (Å²) in [6.45, 7) is 1.40. The number of likely N-dealkylation sites (N-methyl/N-ethyl adjacent to an activating group) is 1. The summed E-state index contributed by atoms with van der Waals surface area (Å²) >= 11 is 1.31. The molecular formula is C18H20N2O4S. The molecule has 25 heavy (non-hydrogen) atoms. The summed E-state index contributed by atoms with van der Waals surface area (Å²) in [5.41, 5.74) is 0.706. The summed E-state index contributed by atoms with van der Waals surface area (Å²) in [6.07, 6.45) is 0. The van der Waals surface area contributed by atoms with Crippen molar-refractivity contribution in [3.63, 3.8) is 0 Å². The van der Waals surface area contributed by atoms with E-state index in [1.807, 2.05) is 6.07 Å². The second-order valence-electron chi connectivity index (χ2n) is 5.72. The molecule has 2 atom stereocenters. The first-order valence-corrected chi connectivity index (χ1v) is 8.64. The van der Waals surface area contributed by atoms with Gasteiger partial charge in [-0.15, -0.1) is 11.3 Å². The van der Waals surface area contributed by atoms with Gasteiger partial charge in [-0.05, 0) is 23.9 Å². The highest BCUT2D eigenvalue weighted by Gasteiger charge is 2.27. The van der Waals surface area contributed by atoms with Crippen LogP contribution in [0.3, 0.4) is 0 Å². The van der Waals surface area contributed by atoms with E-state index >= 15 is 0 Å². The number of carboxylic acids is 1. The highest BCUT2D eigenvalue weighted by Crippen LogP contribution is 2.22. The number of nitrogens with zero attached hydrogens (tertiary/aromatic N) is 1. The van der Waals surface area contributed by atoms with Crippen LogP contribution in [0.25, 0.3) is 0 Å². The third-order valence-electron chi connectivity index (χ3n) is 3.82. The lowest BCUT2D eigenvalue weighted by atomic mass is 9.94. The van der Waals surface area contributed by atoms with Gasteiger partial charge in [0.2, 0.25) is 5.91 Å². The highest BCUT2D eigenvalue weighted by molar-refractivity contribution is 7.12. The number of nitrogens with one attached hydrogen (secondary N) is 1. The quantitative estimate of drug-likeness (QED) is 0.794. The standard InChI is InChI=1S/C18H20N2O4S/c1-12(18(23)24)16(13-7-4-3-5-8-13)19-15(21)11-20(2)17(22)14-9-6-10-25-14/h3-10,12,16H,11H2,1-2H3,(H,19,21)(H,23,24). The minimum absolute atomic E-state index is 0.146. The number of rotatable bonds is 7. The maximum absolute atomic E-state index is 12.3. The van der Waals surface area contributed by atoms with Crippen LogP contribution in [0, 0.1) is 5.92 Å². The number of aliphatic carboxylic acids is 1. The first-order chi connectivity index (χ1) is 11.9. The molecule has 2 amide bonds. The van der Waals surface area contributed by atoms with Gasteiger partial charge in [-0.1, -0.05) is 36.4 Å². The van der Waals surface area contributed by atoms with Crippen molar-refractivity contribution in [3.8, 4) is 0 Å². The van der Waals surface area contributed by atoms with E-state index in [2.05, 4.69) is 5.32 Å². The van der Waals surface area contributed by atoms with E-state index in [0.29, 0.717) is 10.4 Å². The Morgan fingerprint density at radius 1 is 1.16 bits per heavy atom. The van der Waals surface area contributed by atoms with Crippen molar-refractivity contribution in [1.82, 2.24) is 10.2 Å². The lowest BCUT2D eigenvalue weighted by molar-refractivity contribution is -0.142. The predicted molar refractivity (Wildman–Crippen MR) is 95.4 cm³/mol. The molecule has 6 nitrogen and oxygen atoms in total. The number of carbonyl (C=O) groups excluding carboxylic acids is 2. The molecule has 2 unspecified atom stereocenters. The van der Waals surface area contributed by atoms with Crippen LogP contribution in [0.2, 0.25) is 0 Å². The number of hydrogen-bond acceptors (Lipinski definition) is 4. The van der Waals surface area contributed by atoms with Crippen molar-refractivity contribution in [2.45, 2.75) is 13.0 Å². The summed E-state index contributed by atoms with van der Waals surface area (Å²) in [7, 11) is 1.54. The molecular weight excluding hydrogens is 340 g/mol. The van der Waals surface area contributed by atoms with Crippen molar-refractivity contribution < 1.29 is 19.5 Å². The molecule has 2 aromatic rings. The molecule has 1 aromatic carbocycles. The fourth-order valence-electron chi connectivity index (χ4n) is 2.39. The minimum atomic E-state index is -1.00. The van der Waals surface area contributed by atoms with Crippen LogP contribution in [0.1, 0.15) is 28.2 Å². The number of hydrogen-bond donors (Lipinski definition) is 2. The van der Waals surface area contributed by atoms with Crippen molar-refractivity contribution >= 4 is 29.1 Å². The molecule has 1 aromatic heterocycles. The summed E-state index contributed by atoms with van der Waals surface area (Å²) in [6, 6.07) is 11.7. The molecule has 0 fully saturated rings. The minimum Gasteiger partial charge on any atom is -0.481 e. The van der Waals surface area contributed by atoms with Crippen molar-refractivity contribution in [1.29, 1.82) is 0 Å². The fraction of sp³-hybridized carbons (Fsp3) is 0.278. The summed E-state index contributed by atoms with van der Waals surface area (Å²) in [5.74, 6) is -2.45. The second kappa shape index (κ2) is 8.43. The molecule has 0 bridgehead atoms. The molecule has 0 saturated carbocycles. The smallest absolute Gasteiger partial charge is 0.308 e. The normalized spacial score (nSPS) is 12.9. The third kappa shape index (κ3) is 4.90. The van der Waals surface area contributed by atoms with Gasteiger partial charge in [-0.3, -0.25) is 14.4 Å². The molecule has 0 aliphatic rings. The van der Waals surface area contributed by atoms with Crippen LogP contribution < -0.4 is 5.32 Å². The van der Waals surface area contributed by atoms with Crippen LogP contribution in [-0.4, -0.2) is 41.4 Å². The van der Waals surface area contributed by atoms with Crippen LogP contribution in [0.5, 0.6) is 0 Å². The highest BCUT2D eigenvalue weighted by atomic mass is 32.1. The second-order valence-corrected chi connectivity index (χ2v) is 6.67. The predicted octanol–water partition coefficient (Wildman–Crippen LogP) is 2.40. The van der Waals surface area contributed by atoms with Gasteiger partial charge in [-0.25, -0.2) is 0 Å². The summed E-state index contributed by atoms with van der Waals surface area (Å²) < 4.78 is 0. The Bertz CT molecular complexity index is 731. The van der Waals surface area contributed by atoms with Gasteiger partial charge in [0.1, 0.15) is 0 Å². The van der Waals surface area contributed by atoms with E-state index in [4.69, 9.17) is 0 Å². The van der Waals surface area contributed by atoms with Crippen LogP contribution in [0.15, 0.2) is 47.8 Å². The Labute approximate surface area is 150 Å². The van der Waals surface area contributed by atoms with Crippen molar-refractivity contribution in [2.24, 2.45) is 5.92 Å². The van der Waals surface area contributed by atoms with Gasteiger partial charge in [0.15, 0.2) is 0 Å². The first kappa shape index (κ1) is 18.7. The molecule has 132 valence electrons.